The van der Waals surface area contributed by atoms with Crippen molar-refractivity contribution < 1.29 is 26.3 Å². The summed E-state index contributed by atoms with van der Waals surface area (Å²) in [6.07, 6.45) is -4.34. The van der Waals surface area contributed by atoms with E-state index in [2.05, 4.69) is 9.80 Å². The Kier molecular flexibility index (Phi) is 7.91. The van der Waals surface area contributed by atoms with E-state index in [0.717, 1.165) is 0 Å². The fraction of sp³-hybridized carbons (Fsp3) is 0.900. The smallest absolute Gasteiger partial charge is 0.292 e. The van der Waals surface area contributed by atoms with Crippen molar-refractivity contribution in [2.45, 2.75) is 51.1 Å². The largest absolute Gasteiger partial charge is 0.401 e. The maximum absolute atomic E-state index is 12.7. The molecule has 2 fully saturated rings. The van der Waals surface area contributed by atoms with E-state index in [9.17, 15) is 26.3 Å². The summed E-state index contributed by atoms with van der Waals surface area (Å²) < 4.78 is 75.9. The molecule has 0 unspecified atom stereocenters. The quantitative estimate of drug-likeness (QED) is 0.460. The average Bonchev–Trinajstić information content (AvgIpc) is 2.50. The van der Waals surface area contributed by atoms with Gasteiger partial charge < -0.3 is 0 Å². The minimum absolute atomic E-state index is 0.356. The molecule has 0 saturated carbocycles. The number of rotatable bonds is 6. The van der Waals surface area contributed by atoms with Crippen molar-refractivity contribution in [2.75, 3.05) is 65.4 Å². The van der Waals surface area contributed by atoms with E-state index in [-0.39, 0.29) is 11.1 Å². The van der Waals surface area contributed by atoms with E-state index in [1.165, 1.54) is 9.80 Å². The lowest BCUT2D eigenvalue weighted by Crippen LogP contribution is -2.60. The third-order valence-corrected chi connectivity index (χ3v) is 5.93. The Bertz CT molecular complexity index is 535. The first-order valence-corrected chi connectivity index (χ1v) is 10.3. The molecule has 0 amide bonds. The Morgan fingerprint density at radius 1 is 0.633 bits per heavy atom. The monoisotopic (exact) mass is 444 g/mol. The van der Waals surface area contributed by atoms with Crippen molar-refractivity contribution in [3.8, 4) is 0 Å². The van der Waals surface area contributed by atoms with E-state index in [1.54, 1.807) is 0 Å². The van der Waals surface area contributed by atoms with Gasteiger partial charge >= 0.3 is 12.4 Å². The van der Waals surface area contributed by atoms with Gasteiger partial charge in [0.05, 0.1) is 13.1 Å². The molecule has 0 radical (unpaired) electrons. The lowest BCUT2D eigenvalue weighted by Gasteiger charge is -2.47. The van der Waals surface area contributed by atoms with Crippen LogP contribution in [-0.4, -0.2) is 108 Å². The van der Waals surface area contributed by atoms with Gasteiger partial charge in [0.25, 0.3) is 0 Å². The van der Waals surface area contributed by atoms with Gasteiger partial charge in [-0.25, -0.2) is 0 Å². The predicted molar refractivity (Wildman–Crippen MR) is 105 cm³/mol. The molecular weight excluding hydrogens is 410 g/mol. The van der Waals surface area contributed by atoms with Crippen molar-refractivity contribution >= 4 is 0 Å². The fourth-order valence-electron chi connectivity index (χ4n) is 4.44. The van der Waals surface area contributed by atoms with Gasteiger partial charge in [-0.05, 0) is 27.7 Å². The number of piperazine rings is 2. The molecule has 0 aromatic heterocycles. The van der Waals surface area contributed by atoms with E-state index >= 15 is 0 Å². The highest BCUT2D eigenvalue weighted by molar-refractivity contribution is 4.99. The van der Waals surface area contributed by atoms with Crippen LogP contribution >= 0.6 is 0 Å². The minimum atomic E-state index is -4.19. The van der Waals surface area contributed by atoms with Crippen LogP contribution in [0.3, 0.4) is 0 Å². The highest BCUT2D eigenvalue weighted by Gasteiger charge is 2.39. The molecule has 2 aliphatic rings. The van der Waals surface area contributed by atoms with Crippen LogP contribution < -0.4 is 0 Å². The third-order valence-electron chi connectivity index (χ3n) is 5.93. The summed E-state index contributed by atoms with van der Waals surface area (Å²) in [6.45, 7) is 9.92. The second-order valence-corrected chi connectivity index (χ2v) is 9.64. The number of hydrogen-bond acceptors (Lipinski definition) is 4. The first kappa shape index (κ1) is 25.4. The number of alkyl halides is 6. The summed E-state index contributed by atoms with van der Waals surface area (Å²) in [4.78, 5) is 7.23. The summed E-state index contributed by atoms with van der Waals surface area (Å²) in [6, 6.07) is 0. The highest BCUT2D eigenvalue weighted by atomic mass is 19.4. The number of halogens is 6. The first-order chi connectivity index (χ1) is 13.6. The third kappa shape index (κ3) is 8.01. The van der Waals surface area contributed by atoms with Crippen molar-refractivity contribution in [2.24, 2.45) is 0 Å². The van der Waals surface area contributed by atoms with Crippen LogP contribution in [0, 0.1) is 0 Å². The lowest BCUT2D eigenvalue weighted by atomic mass is 9.98. The van der Waals surface area contributed by atoms with E-state index in [1.807, 2.05) is 39.8 Å². The normalized spacial score (nSPS) is 25.3. The van der Waals surface area contributed by atoms with Gasteiger partial charge in [0, 0.05) is 63.4 Å². The van der Waals surface area contributed by atoms with Gasteiger partial charge in [0.1, 0.15) is 0 Å². The molecule has 0 aromatic rings. The molecule has 2 heterocycles. The predicted octanol–water partition coefficient (Wildman–Crippen LogP) is 3.46. The first-order valence-electron chi connectivity index (χ1n) is 10.3. The molecule has 4 nitrogen and oxygen atoms in total. The van der Waals surface area contributed by atoms with Crippen LogP contribution in [0.15, 0.2) is 12.2 Å². The zero-order valence-corrected chi connectivity index (χ0v) is 18.3. The van der Waals surface area contributed by atoms with E-state index in [4.69, 9.17) is 0 Å². The van der Waals surface area contributed by atoms with Crippen molar-refractivity contribution in [3.05, 3.63) is 12.2 Å². The molecule has 0 spiro atoms. The van der Waals surface area contributed by atoms with Crippen LogP contribution in [0.4, 0.5) is 26.3 Å². The van der Waals surface area contributed by atoms with Gasteiger partial charge in [0.15, 0.2) is 0 Å². The Hall–Kier alpha value is -0.840. The SMILES string of the molecule is CC1(C)CN(CC(F)(F)F)CCN1C/C=C/CN1CCN(CC(F)(F)F)CC1(C)C. The van der Waals surface area contributed by atoms with Gasteiger partial charge in [-0.2, -0.15) is 26.3 Å². The Morgan fingerprint density at radius 3 is 1.23 bits per heavy atom. The molecular formula is C20H34F6N4. The maximum Gasteiger partial charge on any atom is 0.401 e. The Balaban J connectivity index is 1.81. The molecule has 0 bridgehead atoms. The van der Waals surface area contributed by atoms with Gasteiger partial charge in [-0.3, -0.25) is 19.6 Å². The highest BCUT2D eigenvalue weighted by Crippen LogP contribution is 2.26. The zero-order chi connectivity index (χ0) is 22.8. The van der Waals surface area contributed by atoms with Crippen LogP contribution in [0.1, 0.15) is 27.7 Å². The molecule has 2 aliphatic heterocycles. The second kappa shape index (κ2) is 9.34. The fourth-order valence-corrected chi connectivity index (χ4v) is 4.44. The van der Waals surface area contributed by atoms with Crippen LogP contribution in [0.5, 0.6) is 0 Å². The van der Waals surface area contributed by atoms with Gasteiger partial charge in [0.2, 0.25) is 0 Å². The van der Waals surface area contributed by atoms with Crippen molar-refractivity contribution in [1.82, 2.24) is 19.6 Å². The summed E-state index contributed by atoms with van der Waals surface area (Å²) in [7, 11) is 0. The summed E-state index contributed by atoms with van der Waals surface area (Å²) >= 11 is 0. The maximum atomic E-state index is 12.7. The molecule has 0 aromatic carbocycles. The van der Waals surface area contributed by atoms with E-state index < -0.39 is 25.4 Å². The second-order valence-electron chi connectivity index (χ2n) is 9.64. The Labute approximate surface area is 175 Å². The zero-order valence-electron chi connectivity index (χ0n) is 18.3. The van der Waals surface area contributed by atoms with Crippen molar-refractivity contribution in [1.29, 1.82) is 0 Å². The molecule has 2 rings (SSSR count). The molecule has 176 valence electrons. The van der Waals surface area contributed by atoms with Gasteiger partial charge in [-0.15, -0.1) is 0 Å². The summed E-state index contributed by atoms with van der Waals surface area (Å²) in [5, 5.41) is 0. The summed E-state index contributed by atoms with van der Waals surface area (Å²) in [5.74, 6) is 0. The summed E-state index contributed by atoms with van der Waals surface area (Å²) in [5.41, 5.74) is -0.730. The number of hydrogen-bond donors (Lipinski definition) is 0. The topological polar surface area (TPSA) is 13.0 Å². The Morgan fingerprint density at radius 2 is 0.967 bits per heavy atom. The minimum Gasteiger partial charge on any atom is -0.292 e. The lowest BCUT2D eigenvalue weighted by molar-refractivity contribution is -0.155. The van der Waals surface area contributed by atoms with Crippen LogP contribution in [0.2, 0.25) is 0 Å². The van der Waals surface area contributed by atoms with Gasteiger partial charge in [-0.1, -0.05) is 12.2 Å². The molecule has 30 heavy (non-hydrogen) atoms. The molecule has 2 saturated heterocycles. The molecule has 0 N–H and O–H groups in total. The standard InChI is InChI=1S/C20H34F6N4/c1-17(2)13-27(15-19(21,22)23)9-11-29(17)7-5-6-8-30-12-10-28(14-18(30,3)4)16-20(24,25)26/h5-6H,7-16H2,1-4H3/b6-5+. The number of nitrogens with zero attached hydrogens (tertiary/aromatic N) is 4. The van der Waals surface area contributed by atoms with Crippen LogP contribution in [-0.2, 0) is 0 Å². The van der Waals surface area contributed by atoms with Crippen LogP contribution in [0.25, 0.3) is 0 Å². The van der Waals surface area contributed by atoms with E-state index in [0.29, 0.717) is 52.4 Å². The molecule has 10 heteroatoms. The molecule has 0 aliphatic carbocycles. The molecule has 0 atom stereocenters. The average molecular weight is 445 g/mol. The van der Waals surface area contributed by atoms with Crippen molar-refractivity contribution in [3.63, 3.8) is 0 Å².